The minimum atomic E-state index is 0.924. The Hall–Kier alpha value is -0.820. The van der Waals surface area contributed by atoms with Crippen molar-refractivity contribution in [1.82, 2.24) is 0 Å². The van der Waals surface area contributed by atoms with Gasteiger partial charge in [0.05, 0.1) is 0 Å². The summed E-state index contributed by atoms with van der Waals surface area (Å²) in [6.45, 7) is 3.11. The lowest BCUT2D eigenvalue weighted by Gasteiger charge is -1.92. The Labute approximate surface area is 80.7 Å². The highest BCUT2D eigenvalue weighted by Gasteiger charge is 2.06. The van der Waals surface area contributed by atoms with E-state index in [1.54, 1.807) is 7.11 Å². The minimum Gasteiger partial charge on any atom is -0.385 e. The Morgan fingerprint density at radius 1 is 1.15 bits per heavy atom. The van der Waals surface area contributed by atoms with Crippen LogP contribution in [-0.4, -0.2) is 13.7 Å². The van der Waals surface area contributed by atoms with Crippen LogP contribution in [0.3, 0.4) is 0 Å². The third-order valence-electron chi connectivity index (χ3n) is 2.06. The fourth-order valence-electron chi connectivity index (χ4n) is 1.17. The van der Waals surface area contributed by atoms with Gasteiger partial charge < -0.3 is 4.74 Å². The zero-order valence-corrected chi connectivity index (χ0v) is 8.55. The van der Waals surface area contributed by atoms with Crippen molar-refractivity contribution in [1.29, 1.82) is 0 Å². The van der Waals surface area contributed by atoms with Crippen molar-refractivity contribution < 1.29 is 4.74 Å². The van der Waals surface area contributed by atoms with Gasteiger partial charge in [-0.3, -0.25) is 0 Å². The van der Waals surface area contributed by atoms with Gasteiger partial charge in [-0.05, 0) is 23.6 Å². The number of benzene rings is 1. The lowest BCUT2D eigenvalue weighted by molar-refractivity contribution is 0.192. The van der Waals surface area contributed by atoms with Gasteiger partial charge >= 0.3 is 0 Å². The van der Waals surface area contributed by atoms with Gasteiger partial charge in [0.1, 0.15) is 0 Å². The molecule has 13 heavy (non-hydrogen) atoms. The Bertz CT molecular complexity index is 221. The molecule has 0 atom stereocenters. The number of fused-ring (bicyclic) bond motifs is 1. The van der Waals surface area contributed by atoms with Crippen LogP contribution in [-0.2, 0) is 4.74 Å². The Kier molecular flexibility index (Phi) is 4.55. The molecule has 0 saturated heterocycles. The standard InChI is InChI=1S/C6H14O.C6H4/c1-3-4-5-6-7-2;1-2-5-4-6(5)3-1/h3-6H2,1-2H3;1-4H. The minimum absolute atomic E-state index is 0.924. The van der Waals surface area contributed by atoms with Crippen molar-refractivity contribution in [3.8, 4) is 11.1 Å². The summed E-state index contributed by atoms with van der Waals surface area (Å²) in [5.74, 6) is 0. The van der Waals surface area contributed by atoms with Gasteiger partial charge in [0.15, 0.2) is 0 Å². The molecule has 2 rings (SSSR count). The van der Waals surface area contributed by atoms with Crippen molar-refractivity contribution in [3.63, 3.8) is 0 Å². The first-order valence-electron chi connectivity index (χ1n) is 4.98. The summed E-state index contributed by atoms with van der Waals surface area (Å²) in [5, 5.41) is 0. The summed E-state index contributed by atoms with van der Waals surface area (Å²) in [4.78, 5) is 0. The fraction of sp³-hybridized carbons (Fsp3) is 0.500. The van der Waals surface area contributed by atoms with Gasteiger partial charge in [-0.15, -0.1) is 0 Å². The molecule has 0 saturated carbocycles. The summed E-state index contributed by atoms with van der Waals surface area (Å²) < 4.78 is 4.84. The number of methoxy groups -OCH3 is 1. The molecule has 2 aliphatic rings. The van der Waals surface area contributed by atoms with E-state index in [9.17, 15) is 0 Å². The normalized spacial score (nSPS) is 10.3. The average Bonchev–Trinajstić information content (AvgIpc) is 2.76. The van der Waals surface area contributed by atoms with Gasteiger partial charge in [0.2, 0.25) is 0 Å². The SMILES string of the molecule is CCCCCOC.c1cc2cc-2c1. The lowest BCUT2D eigenvalue weighted by Crippen LogP contribution is -1.85. The molecule has 0 fully saturated rings. The summed E-state index contributed by atoms with van der Waals surface area (Å²) in [6.07, 6.45) is 3.80. The summed E-state index contributed by atoms with van der Waals surface area (Å²) in [7, 11) is 1.75. The van der Waals surface area contributed by atoms with E-state index in [0.717, 1.165) is 6.61 Å². The van der Waals surface area contributed by atoms with Crippen molar-refractivity contribution in [3.05, 3.63) is 24.3 Å². The number of hydrogen-bond donors (Lipinski definition) is 0. The molecule has 72 valence electrons. The molecule has 0 aromatic carbocycles. The monoisotopic (exact) mass is 178 g/mol. The van der Waals surface area contributed by atoms with Gasteiger partial charge in [0, 0.05) is 13.7 Å². The van der Waals surface area contributed by atoms with Crippen LogP contribution < -0.4 is 0 Å². The second-order valence-corrected chi connectivity index (χ2v) is 3.28. The van der Waals surface area contributed by atoms with E-state index >= 15 is 0 Å². The number of rotatable bonds is 4. The first kappa shape index (κ1) is 10.3. The molecule has 1 heteroatoms. The molecule has 0 radical (unpaired) electrons. The van der Waals surface area contributed by atoms with E-state index in [4.69, 9.17) is 4.74 Å². The van der Waals surface area contributed by atoms with Gasteiger partial charge in [-0.25, -0.2) is 0 Å². The first-order valence-corrected chi connectivity index (χ1v) is 4.98. The molecule has 0 aliphatic heterocycles. The smallest absolute Gasteiger partial charge is 0.0462 e. The molecular formula is C12H18O. The van der Waals surface area contributed by atoms with E-state index in [0.29, 0.717) is 0 Å². The molecule has 0 aromatic heterocycles. The van der Waals surface area contributed by atoms with E-state index in [-0.39, 0.29) is 0 Å². The van der Waals surface area contributed by atoms with Crippen LogP contribution in [0.5, 0.6) is 0 Å². The third-order valence-corrected chi connectivity index (χ3v) is 2.06. The highest BCUT2D eigenvalue weighted by Crippen LogP contribution is 2.32. The number of ether oxygens (including phenoxy) is 1. The van der Waals surface area contributed by atoms with E-state index in [1.807, 2.05) is 0 Å². The van der Waals surface area contributed by atoms with Crippen LogP contribution in [0.15, 0.2) is 24.3 Å². The van der Waals surface area contributed by atoms with Gasteiger partial charge in [-0.2, -0.15) is 0 Å². The molecule has 0 amide bonds. The van der Waals surface area contributed by atoms with E-state index < -0.39 is 0 Å². The quantitative estimate of drug-likeness (QED) is 0.651. The molecule has 2 aliphatic carbocycles. The predicted molar refractivity (Wildman–Crippen MR) is 56.8 cm³/mol. The highest BCUT2D eigenvalue weighted by molar-refractivity contribution is 5.80. The van der Waals surface area contributed by atoms with Gasteiger partial charge in [-0.1, -0.05) is 38.0 Å². The number of hydrogen-bond acceptors (Lipinski definition) is 1. The van der Waals surface area contributed by atoms with Gasteiger partial charge in [0.25, 0.3) is 0 Å². The maximum Gasteiger partial charge on any atom is 0.0462 e. The molecule has 0 spiro atoms. The van der Waals surface area contributed by atoms with Crippen molar-refractivity contribution in [2.75, 3.05) is 13.7 Å². The topological polar surface area (TPSA) is 9.23 Å². The van der Waals surface area contributed by atoms with Crippen LogP contribution in [0.1, 0.15) is 26.2 Å². The third kappa shape index (κ3) is 4.09. The zero-order chi connectivity index (χ0) is 9.52. The molecule has 0 bridgehead atoms. The molecular weight excluding hydrogens is 160 g/mol. The molecule has 0 N–H and O–H groups in total. The lowest BCUT2D eigenvalue weighted by atomic mass is 10.3. The second-order valence-electron chi connectivity index (χ2n) is 3.28. The van der Waals surface area contributed by atoms with E-state index in [1.165, 1.54) is 30.4 Å². The molecule has 0 heterocycles. The largest absolute Gasteiger partial charge is 0.385 e. The van der Waals surface area contributed by atoms with Crippen molar-refractivity contribution in [2.24, 2.45) is 0 Å². The molecule has 1 nitrogen and oxygen atoms in total. The molecule has 0 unspecified atom stereocenters. The summed E-state index contributed by atoms with van der Waals surface area (Å²) in [6, 6.07) is 8.48. The van der Waals surface area contributed by atoms with Crippen LogP contribution in [0.4, 0.5) is 0 Å². The second kappa shape index (κ2) is 5.76. The van der Waals surface area contributed by atoms with Crippen LogP contribution in [0.2, 0.25) is 0 Å². The van der Waals surface area contributed by atoms with Crippen molar-refractivity contribution in [2.45, 2.75) is 26.2 Å². The predicted octanol–water partition coefficient (Wildman–Crippen LogP) is 3.49. The van der Waals surface area contributed by atoms with Crippen LogP contribution in [0.25, 0.3) is 11.1 Å². The summed E-state index contributed by atoms with van der Waals surface area (Å²) in [5.41, 5.74) is 2.85. The maximum atomic E-state index is 4.84. The Morgan fingerprint density at radius 3 is 2.15 bits per heavy atom. The van der Waals surface area contributed by atoms with E-state index in [2.05, 4.69) is 31.2 Å². The van der Waals surface area contributed by atoms with Crippen LogP contribution >= 0.6 is 0 Å². The Balaban J connectivity index is 0.000000130. The Morgan fingerprint density at radius 2 is 1.85 bits per heavy atom. The first-order chi connectivity index (χ1) is 6.38. The highest BCUT2D eigenvalue weighted by atomic mass is 16.5. The van der Waals surface area contributed by atoms with Crippen molar-refractivity contribution >= 4 is 0 Å². The fourth-order valence-corrected chi connectivity index (χ4v) is 1.17. The maximum absolute atomic E-state index is 4.84. The van der Waals surface area contributed by atoms with Crippen LogP contribution in [0, 0.1) is 0 Å². The number of unbranched alkanes of at least 4 members (excludes halogenated alkanes) is 2. The molecule has 0 aromatic rings. The summed E-state index contributed by atoms with van der Waals surface area (Å²) >= 11 is 0. The zero-order valence-electron chi connectivity index (χ0n) is 8.55. The average molecular weight is 178 g/mol.